The monoisotopic (exact) mass is 316 g/mol. The SMILES string of the molecule is CC(C)C(C(=O)O)n1c(C2CC2)nc2cc3c(cc21)OCCO3. The van der Waals surface area contributed by atoms with Crippen LogP contribution in [0.5, 0.6) is 11.5 Å². The van der Waals surface area contributed by atoms with Gasteiger partial charge < -0.3 is 19.1 Å². The molecular weight excluding hydrogens is 296 g/mol. The smallest absolute Gasteiger partial charge is 0.327 e. The molecule has 6 nitrogen and oxygen atoms in total. The third kappa shape index (κ3) is 2.33. The molecule has 1 aliphatic heterocycles. The molecule has 1 atom stereocenters. The summed E-state index contributed by atoms with van der Waals surface area (Å²) in [5, 5.41) is 9.74. The predicted octanol–water partition coefficient (Wildman–Crippen LogP) is 2.97. The van der Waals surface area contributed by atoms with Crippen LogP contribution in [0.25, 0.3) is 11.0 Å². The quantitative estimate of drug-likeness (QED) is 0.938. The van der Waals surface area contributed by atoms with Gasteiger partial charge in [-0.1, -0.05) is 13.8 Å². The van der Waals surface area contributed by atoms with Crippen LogP contribution in [0, 0.1) is 5.92 Å². The van der Waals surface area contributed by atoms with Gasteiger partial charge in [0, 0.05) is 18.1 Å². The minimum absolute atomic E-state index is 0.0319. The lowest BCUT2D eigenvalue weighted by molar-refractivity contribution is -0.142. The van der Waals surface area contributed by atoms with Gasteiger partial charge in [0.1, 0.15) is 25.1 Å². The van der Waals surface area contributed by atoms with E-state index in [9.17, 15) is 9.90 Å². The Morgan fingerprint density at radius 1 is 1.26 bits per heavy atom. The first-order valence-electron chi connectivity index (χ1n) is 8.10. The lowest BCUT2D eigenvalue weighted by Gasteiger charge is -2.22. The summed E-state index contributed by atoms with van der Waals surface area (Å²) in [4.78, 5) is 16.6. The zero-order valence-electron chi connectivity index (χ0n) is 13.3. The number of hydrogen-bond donors (Lipinski definition) is 1. The van der Waals surface area contributed by atoms with Gasteiger partial charge in [-0.2, -0.15) is 0 Å². The topological polar surface area (TPSA) is 73.6 Å². The van der Waals surface area contributed by atoms with Crippen molar-refractivity contribution in [1.29, 1.82) is 0 Å². The van der Waals surface area contributed by atoms with Crippen molar-refractivity contribution in [2.75, 3.05) is 13.2 Å². The molecule has 1 aromatic carbocycles. The molecule has 1 saturated carbocycles. The van der Waals surface area contributed by atoms with Gasteiger partial charge in [0.15, 0.2) is 11.5 Å². The first kappa shape index (κ1) is 14.4. The number of aliphatic carboxylic acids is 1. The number of rotatable bonds is 4. The highest BCUT2D eigenvalue weighted by molar-refractivity contribution is 5.84. The molecule has 2 aliphatic rings. The number of ether oxygens (including phenoxy) is 2. The summed E-state index contributed by atoms with van der Waals surface area (Å²) in [6.07, 6.45) is 2.14. The van der Waals surface area contributed by atoms with Crippen molar-refractivity contribution in [3.05, 3.63) is 18.0 Å². The lowest BCUT2D eigenvalue weighted by atomic mass is 10.0. The molecule has 2 aromatic rings. The van der Waals surface area contributed by atoms with Crippen molar-refractivity contribution < 1.29 is 19.4 Å². The van der Waals surface area contributed by atoms with E-state index in [4.69, 9.17) is 14.5 Å². The maximum atomic E-state index is 11.9. The fraction of sp³-hybridized carbons (Fsp3) is 0.529. The minimum atomic E-state index is -0.823. The summed E-state index contributed by atoms with van der Waals surface area (Å²) in [5.74, 6) is 1.74. The molecule has 6 heteroatoms. The van der Waals surface area contributed by atoms with E-state index < -0.39 is 12.0 Å². The molecule has 0 bridgehead atoms. The normalized spacial score (nSPS) is 18.4. The molecule has 1 unspecified atom stereocenters. The van der Waals surface area contributed by atoms with Crippen molar-refractivity contribution in [2.24, 2.45) is 5.92 Å². The van der Waals surface area contributed by atoms with E-state index in [1.807, 2.05) is 30.5 Å². The Morgan fingerprint density at radius 2 is 1.91 bits per heavy atom. The Labute approximate surface area is 134 Å². The van der Waals surface area contributed by atoms with Crippen LogP contribution in [0.1, 0.15) is 44.5 Å². The number of benzene rings is 1. The number of carboxylic acid groups (broad SMARTS) is 1. The average Bonchev–Trinajstić information content (AvgIpc) is 3.29. The van der Waals surface area contributed by atoms with Crippen LogP contribution in [0.2, 0.25) is 0 Å². The molecule has 0 amide bonds. The van der Waals surface area contributed by atoms with Crippen LogP contribution >= 0.6 is 0 Å². The standard InChI is InChI=1S/C17H20N2O4/c1-9(2)15(17(20)21)19-12-8-14-13(22-5-6-23-14)7-11(12)18-16(19)10-3-4-10/h7-10,15H,3-6H2,1-2H3,(H,20,21). The molecule has 0 radical (unpaired) electrons. The van der Waals surface area contributed by atoms with Crippen LogP contribution in [0.4, 0.5) is 0 Å². The number of carbonyl (C=O) groups is 1. The Balaban J connectivity index is 1.95. The zero-order chi connectivity index (χ0) is 16.1. The summed E-state index contributed by atoms with van der Waals surface area (Å²) < 4.78 is 13.2. The van der Waals surface area contributed by atoms with Crippen molar-refractivity contribution in [1.82, 2.24) is 9.55 Å². The summed E-state index contributed by atoms with van der Waals surface area (Å²) in [6, 6.07) is 3.12. The van der Waals surface area contributed by atoms with E-state index in [1.165, 1.54) is 0 Å². The van der Waals surface area contributed by atoms with Gasteiger partial charge in [0.05, 0.1) is 11.0 Å². The minimum Gasteiger partial charge on any atom is -0.486 e. The molecule has 1 aliphatic carbocycles. The number of nitrogens with zero attached hydrogens (tertiary/aromatic N) is 2. The van der Waals surface area contributed by atoms with Crippen molar-refractivity contribution >= 4 is 17.0 Å². The molecule has 1 fully saturated rings. The number of fused-ring (bicyclic) bond motifs is 2. The second kappa shape index (κ2) is 5.15. The molecule has 0 spiro atoms. The molecule has 1 N–H and O–H groups in total. The highest BCUT2D eigenvalue weighted by atomic mass is 16.6. The van der Waals surface area contributed by atoms with Crippen LogP contribution in [-0.2, 0) is 4.79 Å². The van der Waals surface area contributed by atoms with Gasteiger partial charge in [-0.05, 0) is 18.8 Å². The van der Waals surface area contributed by atoms with E-state index in [-0.39, 0.29) is 5.92 Å². The molecule has 4 rings (SSSR count). The Kier molecular flexibility index (Phi) is 3.21. The summed E-state index contributed by atoms with van der Waals surface area (Å²) in [6.45, 7) is 4.89. The molecule has 2 heterocycles. The van der Waals surface area contributed by atoms with E-state index in [2.05, 4.69) is 0 Å². The third-order valence-corrected chi connectivity index (χ3v) is 4.49. The Morgan fingerprint density at radius 3 is 2.48 bits per heavy atom. The van der Waals surface area contributed by atoms with Gasteiger partial charge in [0.25, 0.3) is 0 Å². The Bertz CT molecular complexity index is 776. The molecule has 122 valence electrons. The largest absolute Gasteiger partial charge is 0.486 e. The summed E-state index contributed by atoms with van der Waals surface area (Å²) >= 11 is 0. The Hall–Kier alpha value is -2.24. The number of imidazole rings is 1. The second-order valence-corrected chi connectivity index (χ2v) is 6.63. The van der Waals surface area contributed by atoms with Gasteiger partial charge in [-0.15, -0.1) is 0 Å². The molecular formula is C17H20N2O4. The third-order valence-electron chi connectivity index (χ3n) is 4.49. The summed E-state index contributed by atoms with van der Waals surface area (Å²) in [7, 11) is 0. The fourth-order valence-electron chi connectivity index (χ4n) is 3.27. The maximum absolute atomic E-state index is 11.9. The van der Waals surface area contributed by atoms with Crippen LogP contribution in [0.3, 0.4) is 0 Å². The first-order chi connectivity index (χ1) is 11.1. The van der Waals surface area contributed by atoms with E-state index in [1.54, 1.807) is 0 Å². The van der Waals surface area contributed by atoms with Gasteiger partial charge in [-0.25, -0.2) is 9.78 Å². The van der Waals surface area contributed by atoms with E-state index in [0.717, 1.165) is 29.7 Å². The van der Waals surface area contributed by atoms with Crippen molar-refractivity contribution in [3.8, 4) is 11.5 Å². The van der Waals surface area contributed by atoms with Crippen LogP contribution < -0.4 is 9.47 Å². The van der Waals surface area contributed by atoms with Gasteiger partial charge >= 0.3 is 5.97 Å². The average molecular weight is 316 g/mol. The molecule has 0 saturated heterocycles. The highest BCUT2D eigenvalue weighted by Gasteiger charge is 2.35. The lowest BCUT2D eigenvalue weighted by Crippen LogP contribution is -2.25. The maximum Gasteiger partial charge on any atom is 0.327 e. The first-order valence-corrected chi connectivity index (χ1v) is 8.10. The highest BCUT2D eigenvalue weighted by Crippen LogP contribution is 2.44. The van der Waals surface area contributed by atoms with Gasteiger partial charge in [-0.3, -0.25) is 0 Å². The predicted molar refractivity (Wildman–Crippen MR) is 84.2 cm³/mol. The molecule has 1 aromatic heterocycles. The van der Waals surface area contributed by atoms with Crippen LogP contribution in [-0.4, -0.2) is 33.8 Å². The fourth-order valence-corrected chi connectivity index (χ4v) is 3.27. The summed E-state index contributed by atoms with van der Waals surface area (Å²) in [5.41, 5.74) is 1.60. The number of hydrogen-bond acceptors (Lipinski definition) is 4. The van der Waals surface area contributed by atoms with Crippen molar-refractivity contribution in [3.63, 3.8) is 0 Å². The second-order valence-electron chi connectivity index (χ2n) is 6.63. The van der Waals surface area contributed by atoms with E-state index in [0.29, 0.717) is 30.6 Å². The van der Waals surface area contributed by atoms with Crippen molar-refractivity contribution in [2.45, 2.75) is 38.6 Å². The van der Waals surface area contributed by atoms with Crippen LogP contribution in [0.15, 0.2) is 12.1 Å². The van der Waals surface area contributed by atoms with Gasteiger partial charge in [0.2, 0.25) is 0 Å². The van der Waals surface area contributed by atoms with E-state index >= 15 is 0 Å². The molecule has 23 heavy (non-hydrogen) atoms. The number of aromatic nitrogens is 2. The zero-order valence-corrected chi connectivity index (χ0v) is 13.3. The number of carboxylic acids is 1.